The minimum atomic E-state index is -3.48. The number of sulfonamides is 1. The van der Waals surface area contributed by atoms with Crippen molar-refractivity contribution in [1.82, 2.24) is 14.9 Å². The highest BCUT2D eigenvalue weighted by molar-refractivity contribution is 7.89. The van der Waals surface area contributed by atoms with E-state index in [0.717, 1.165) is 32.4 Å². The Hall–Kier alpha value is -1.15. The summed E-state index contributed by atoms with van der Waals surface area (Å²) < 4.78 is 27.1. The van der Waals surface area contributed by atoms with Crippen LogP contribution in [0.25, 0.3) is 0 Å². The standard InChI is InChI=1S/C17H25N3O3S.ClH/c1-13-4-2-3-9-20(13)24(22,23)16-7-5-15(6-8-16)17(21)19-12-14-10-18-11-14;/h5-8,13-14,18H,2-4,9-12H2,1H3,(H,19,21);1H. The first-order chi connectivity index (χ1) is 11.5. The molecule has 0 bridgehead atoms. The molecule has 1 unspecified atom stereocenters. The SMILES string of the molecule is CC1CCCCN1S(=O)(=O)c1ccc(C(=O)NCC2CNC2)cc1.Cl. The predicted molar refractivity (Wildman–Crippen MR) is 99.6 cm³/mol. The van der Waals surface area contributed by atoms with Gasteiger partial charge in [0.1, 0.15) is 0 Å². The molecule has 2 aliphatic rings. The molecule has 1 atom stereocenters. The number of nitrogens with one attached hydrogen (secondary N) is 2. The third kappa shape index (κ3) is 4.53. The summed E-state index contributed by atoms with van der Waals surface area (Å²) in [5.74, 6) is 0.339. The van der Waals surface area contributed by atoms with Gasteiger partial charge in [0.05, 0.1) is 4.90 Å². The number of piperidine rings is 1. The molecule has 2 N–H and O–H groups in total. The minimum Gasteiger partial charge on any atom is -0.352 e. The number of carbonyl (C=O) groups is 1. The Morgan fingerprint density at radius 3 is 2.48 bits per heavy atom. The van der Waals surface area contributed by atoms with Gasteiger partial charge in [-0.05, 0) is 44.0 Å². The van der Waals surface area contributed by atoms with E-state index < -0.39 is 10.0 Å². The van der Waals surface area contributed by atoms with E-state index in [0.29, 0.717) is 24.6 Å². The molecule has 2 fully saturated rings. The summed E-state index contributed by atoms with van der Waals surface area (Å²) >= 11 is 0. The van der Waals surface area contributed by atoms with Gasteiger partial charge in [-0.3, -0.25) is 4.79 Å². The highest BCUT2D eigenvalue weighted by Crippen LogP contribution is 2.25. The molecule has 0 radical (unpaired) electrons. The van der Waals surface area contributed by atoms with Crippen molar-refractivity contribution in [2.24, 2.45) is 5.92 Å². The van der Waals surface area contributed by atoms with Gasteiger partial charge in [0.25, 0.3) is 5.91 Å². The number of rotatable bonds is 5. The molecule has 140 valence electrons. The summed E-state index contributed by atoms with van der Waals surface area (Å²) in [7, 11) is -3.48. The molecule has 1 amide bonds. The zero-order valence-electron chi connectivity index (χ0n) is 14.4. The monoisotopic (exact) mass is 387 g/mol. The minimum absolute atomic E-state index is 0. The third-order valence-electron chi connectivity index (χ3n) is 4.88. The van der Waals surface area contributed by atoms with Crippen LogP contribution in [0.15, 0.2) is 29.2 Å². The zero-order chi connectivity index (χ0) is 17.2. The number of amides is 1. The molecule has 25 heavy (non-hydrogen) atoms. The number of hydrogen-bond acceptors (Lipinski definition) is 4. The number of benzene rings is 1. The van der Waals surface area contributed by atoms with Gasteiger partial charge in [-0.15, -0.1) is 12.4 Å². The Morgan fingerprint density at radius 1 is 1.24 bits per heavy atom. The van der Waals surface area contributed by atoms with Crippen LogP contribution >= 0.6 is 12.4 Å². The van der Waals surface area contributed by atoms with Gasteiger partial charge in [-0.25, -0.2) is 8.42 Å². The van der Waals surface area contributed by atoms with Crippen LogP contribution in [0.1, 0.15) is 36.5 Å². The first-order valence-electron chi connectivity index (χ1n) is 8.59. The summed E-state index contributed by atoms with van der Waals surface area (Å²) in [6.45, 7) is 5.04. The average molecular weight is 388 g/mol. The van der Waals surface area contributed by atoms with Crippen LogP contribution in [0.4, 0.5) is 0 Å². The average Bonchev–Trinajstić information content (AvgIpc) is 2.53. The lowest BCUT2D eigenvalue weighted by Crippen LogP contribution is -2.48. The normalized spacial score (nSPS) is 21.9. The van der Waals surface area contributed by atoms with Gasteiger partial charge in [0, 0.05) is 43.7 Å². The van der Waals surface area contributed by atoms with E-state index in [2.05, 4.69) is 10.6 Å². The molecular weight excluding hydrogens is 362 g/mol. The quantitative estimate of drug-likeness (QED) is 0.804. The molecule has 1 aromatic rings. The molecule has 2 heterocycles. The molecule has 2 saturated heterocycles. The van der Waals surface area contributed by atoms with E-state index in [1.807, 2.05) is 6.92 Å². The molecule has 2 aliphatic heterocycles. The van der Waals surface area contributed by atoms with Crippen LogP contribution in [0.5, 0.6) is 0 Å². The van der Waals surface area contributed by atoms with Crippen LogP contribution in [-0.2, 0) is 10.0 Å². The fraction of sp³-hybridized carbons (Fsp3) is 0.588. The van der Waals surface area contributed by atoms with E-state index in [1.54, 1.807) is 16.4 Å². The smallest absolute Gasteiger partial charge is 0.251 e. The molecule has 0 saturated carbocycles. The van der Waals surface area contributed by atoms with Crippen molar-refractivity contribution in [3.8, 4) is 0 Å². The van der Waals surface area contributed by atoms with Crippen LogP contribution in [0, 0.1) is 5.92 Å². The number of halogens is 1. The second-order valence-electron chi connectivity index (χ2n) is 6.72. The highest BCUT2D eigenvalue weighted by atomic mass is 35.5. The van der Waals surface area contributed by atoms with E-state index in [9.17, 15) is 13.2 Å². The Morgan fingerprint density at radius 2 is 1.92 bits per heavy atom. The molecule has 6 nitrogen and oxygen atoms in total. The predicted octanol–water partition coefficient (Wildman–Crippen LogP) is 1.62. The fourth-order valence-corrected chi connectivity index (χ4v) is 4.87. The first-order valence-corrected chi connectivity index (χ1v) is 10.0. The number of hydrogen-bond donors (Lipinski definition) is 2. The molecule has 1 aromatic carbocycles. The lowest BCUT2D eigenvalue weighted by Gasteiger charge is -2.32. The van der Waals surface area contributed by atoms with Crippen molar-refractivity contribution in [2.45, 2.75) is 37.1 Å². The van der Waals surface area contributed by atoms with Gasteiger partial charge >= 0.3 is 0 Å². The maximum Gasteiger partial charge on any atom is 0.251 e. The zero-order valence-corrected chi connectivity index (χ0v) is 16.0. The number of carbonyl (C=O) groups excluding carboxylic acids is 1. The van der Waals surface area contributed by atoms with Crippen LogP contribution in [0.3, 0.4) is 0 Å². The molecule has 0 aromatic heterocycles. The summed E-state index contributed by atoms with van der Waals surface area (Å²) in [6, 6.07) is 6.29. The second kappa shape index (κ2) is 8.49. The highest BCUT2D eigenvalue weighted by Gasteiger charge is 2.30. The van der Waals surface area contributed by atoms with Crippen molar-refractivity contribution in [3.05, 3.63) is 29.8 Å². The maximum atomic E-state index is 12.8. The van der Waals surface area contributed by atoms with Gasteiger partial charge in [-0.1, -0.05) is 6.42 Å². The summed E-state index contributed by atoms with van der Waals surface area (Å²) in [5.41, 5.74) is 0.493. The Kier molecular flexibility index (Phi) is 6.85. The van der Waals surface area contributed by atoms with Crippen LogP contribution < -0.4 is 10.6 Å². The lowest BCUT2D eigenvalue weighted by molar-refractivity contribution is 0.0942. The maximum absolute atomic E-state index is 12.8. The Bertz CT molecular complexity index is 690. The van der Waals surface area contributed by atoms with E-state index in [1.165, 1.54) is 12.1 Å². The molecule has 3 rings (SSSR count). The number of nitrogens with zero attached hydrogens (tertiary/aromatic N) is 1. The topological polar surface area (TPSA) is 78.5 Å². The van der Waals surface area contributed by atoms with Crippen LogP contribution in [-0.4, -0.2) is 50.9 Å². The lowest BCUT2D eigenvalue weighted by atomic mass is 10.0. The van der Waals surface area contributed by atoms with E-state index in [-0.39, 0.29) is 29.3 Å². The Balaban J connectivity index is 0.00000225. The van der Waals surface area contributed by atoms with Gasteiger partial charge in [0.15, 0.2) is 0 Å². The van der Waals surface area contributed by atoms with Gasteiger partial charge in [0.2, 0.25) is 10.0 Å². The summed E-state index contributed by atoms with van der Waals surface area (Å²) in [5, 5.41) is 6.05. The molecular formula is C17H26ClN3O3S. The van der Waals surface area contributed by atoms with Crippen LogP contribution in [0.2, 0.25) is 0 Å². The van der Waals surface area contributed by atoms with Gasteiger partial charge in [-0.2, -0.15) is 4.31 Å². The Labute approximate surface area is 155 Å². The summed E-state index contributed by atoms with van der Waals surface area (Å²) in [4.78, 5) is 12.4. The largest absolute Gasteiger partial charge is 0.352 e. The van der Waals surface area contributed by atoms with Crippen molar-refractivity contribution in [3.63, 3.8) is 0 Å². The third-order valence-corrected chi connectivity index (χ3v) is 6.91. The van der Waals surface area contributed by atoms with E-state index >= 15 is 0 Å². The van der Waals surface area contributed by atoms with Crippen molar-refractivity contribution in [2.75, 3.05) is 26.2 Å². The molecule has 0 spiro atoms. The molecule has 8 heteroatoms. The van der Waals surface area contributed by atoms with E-state index in [4.69, 9.17) is 0 Å². The van der Waals surface area contributed by atoms with Crippen molar-refractivity contribution in [1.29, 1.82) is 0 Å². The van der Waals surface area contributed by atoms with Gasteiger partial charge < -0.3 is 10.6 Å². The first kappa shape index (κ1) is 20.2. The summed E-state index contributed by atoms with van der Waals surface area (Å²) in [6.07, 6.45) is 2.87. The second-order valence-corrected chi connectivity index (χ2v) is 8.61. The van der Waals surface area contributed by atoms with Crippen molar-refractivity contribution >= 4 is 28.3 Å². The van der Waals surface area contributed by atoms with Crippen molar-refractivity contribution < 1.29 is 13.2 Å². The fourth-order valence-electron chi connectivity index (χ4n) is 3.17. The molecule has 0 aliphatic carbocycles.